The number of hydrogen-bond donors (Lipinski definition) is 1. The number of carbonyl (C=O) groups is 1. The first-order chi connectivity index (χ1) is 6.67. The Morgan fingerprint density at radius 2 is 2.14 bits per heavy atom. The van der Waals surface area contributed by atoms with Crippen LogP contribution in [0.2, 0.25) is 0 Å². The van der Waals surface area contributed by atoms with Gasteiger partial charge in [-0.2, -0.15) is 0 Å². The Labute approximate surface area is 85.1 Å². The van der Waals surface area contributed by atoms with E-state index < -0.39 is 0 Å². The van der Waals surface area contributed by atoms with Crippen LogP contribution in [0.3, 0.4) is 0 Å². The van der Waals surface area contributed by atoms with Gasteiger partial charge in [-0.1, -0.05) is 6.42 Å². The van der Waals surface area contributed by atoms with Crippen LogP contribution in [0.1, 0.15) is 32.1 Å². The fraction of sp³-hybridized carbons (Fsp3) is 0.909. The van der Waals surface area contributed by atoms with Crippen LogP contribution < -0.4 is 0 Å². The summed E-state index contributed by atoms with van der Waals surface area (Å²) in [6.07, 6.45) is 5.48. The first-order valence-electron chi connectivity index (χ1n) is 5.53. The van der Waals surface area contributed by atoms with Crippen LogP contribution >= 0.6 is 0 Å². The van der Waals surface area contributed by atoms with E-state index in [1.807, 2.05) is 11.9 Å². The SMILES string of the molecule is CN(CC1(CO)CC1)C(=O)C1CCC1. The molecule has 0 spiro atoms. The number of hydrogen-bond acceptors (Lipinski definition) is 2. The number of aliphatic hydroxyl groups is 1. The molecule has 0 unspecified atom stereocenters. The minimum Gasteiger partial charge on any atom is -0.396 e. The number of rotatable bonds is 4. The average molecular weight is 197 g/mol. The van der Waals surface area contributed by atoms with E-state index in [4.69, 9.17) is 5.11 Å². The lowest BCUT2D eigenvalue weighted by molar-refractivity contribution is -0.137. The monoisotopic (exact) mass is 197 g/mol. The van der Waals surface area contributed by atoms with Crippen molar-refractivity contribution >= 4 is 5.91 Å². The zero-order chi connectivity index (χ0) is 10.2. The standard InChI is InChI=1S/C11H19NO2/c1-12(7-11(8-13)5-6-11)10(14)9-3-2-4-9/h9,13H,2-8H2,1H3. The smallest absolute Gasteiger partial charge is 0.225 e. The highest BCUT2D eigenvalue weighted by Crippen LogP contribution is 2.45. The van der Waals surface area contributed by atoms with Gasteiger partial charge in [-0.15, -0.1) is 0 Å². The summed E-state index contributed by atoms with van der Waals surface area (Å²) in [6.45, 7) is 0.980. The van der Waals surface area contributed by atoms with Gasteiger partial charge in [-0.25, -0.2) is 0 Å². The van der Waals surface area contributed by atoms with Gasteiger partial charge < -0.3 is 10.0 Å². The predicted molar refractivity (Wildman–Crippen MR) is 53.7 cm³/mol. The lowest BCUT2D eigenvalue weighted by Crippen LogP contribution is -2.40. The van der Waals surface area contributed by atoms with E-state index in [1.54, 1.807) is 0 Å². The van der Waals surface area contributed by atoms with Crippen molar-refractivity contribution in [1.82, 2.24) is 4.90 Å². The Morgan fingerprint density at radius 3 is 2.50 bits per heavy atom. The van der Waals surface area contributed by atoms with E-state index in [2.05, 4.69) is 0 Å². The zero-order valence-electron chi connectivity index (χ0n) is 8.83. The maximum absolute atomic E-state index is 11.8. The van der Waals surface area contributed by atoms with E-state index in [-0.39, 0.29) is 23.8 Å². The molecule has 3 heteroatoms. The molecule has 1 N–H and O–H groups in total. The number of amides is 1. The van der Waals surface area contributed by atoms with Crippen molar-refractivity contribution in [1.29, 1.82) is 0 Å². The third kappa shape index (κ3) is 1.78. The van der Waals surface area contributed by atoms with Crippen LogP contribution in [0, 0.1) is 11.3 Å². The highest BCUT2D eigenvalue weighted by Gasteiger charge is 2.44. The molecule has 0 heterocycles. The van der Waals surface area contributed by atoms with Gasteiger partial charge in [-0.3, -0.25) is 4.79 Å². The second-order valence-electron chi connectivity index (χ2n) is 4.98. The maximum atomic E-state index is 11.8. The molecule has 2 aliphatic carbocycles. The van der Waals surface area contributed by atoms with E-state index in [1.165, 1.54) is 6.42 Å². The number of nitrogens with zero attached hydrogens (tertiary/aromatic N) is 1. The van der Waals surface area contributed by atoms with E-state index in [0.717, 1.165) is 32.2 Å². The Bertz CT molecular complexity index is 231. The summed E-state index contributed by atoms with van der Waals surface area (Å²) >= 11 is 0. The molecule has 0 atom stereocenters. The molecule has 0 radical (unpaired) electrons. The van der Waals surface area contributed by atoms with Crippen LogP contribution in [0.25, 0.3) is 0 Å². The van der Waals surface area contributed by atoms with Gasteiger partial charge in [-0.05, 0) is 25.7 Å². The summed E-state index contributed by atoms with van der Waals surface area (Å²) in [5, 5.41) is 9.16. The van der Waals surface area contributed by atoms with Gasteiger partial charge in [0.2, 0.25) is 5.91 Å². The summed E-state index contributed by atoms with van der Waals surface area (Å²) in [7, 11) is 1.87. The molecule has 2 aliphatic rings. The first-order valence-corrected chi connectivity index (χ1v) is 5.53. The summed E-state index contributed by atoms with van der Waals surface area (Å²) in [5.74, 6) is 0.575. The summed E-state index contributed by atoms with van der Waals surface area (Å²) < 4.78 is 0. The minimum atomic E-state index is 0.0636. The van der Waals surface area contributed by atoms with Crippen LogP contribution in [0.5, 0.6) is 0 Å². The largest absolute Gasteiger partial charge is 0.396 e. The highest BCUT2D eigenvalue weighted by atomic mass is 16.3. The fourth-order valence-corrected chi connectivity index (χ4v) is 2.09. The molecule has 0 saturated heterocycles. The molecule has 0 aromatic heterocycles. The summed E-state index contributed by atoms with van der Waals surface area (Å²) in [4.78, 5) is 13.6. The quantitative estimate of drug-likeness (QED) is 0.731. The lowest BCUT2D eigenvalue weighted by atomic mass is 9.84. The van der Waals surface area contributed by atoms with Crippen molar-refractivity contribution in [3.05, 3.63) is 0 Å². The van der Waals surface area contributed by atoms with Crippen molar-refractivity contribution in [2.24, 2.45) is 11.3 Å². The molecule has 3 nitrogen and oxygen atoms in total. The van der Waals surface area contributed by atoms with Gasteiger partial charge in [0.15, 0.2) is 0 Å². The van der Waals surface area contributed by atoms with E-state index in [0.29, 0.717) is 0 Å². The van der Waals surface area contributed by atoms with Gasteiger partial charge in [0.1, 0.15) is 0 Å². The van der Waals surface area contributed by atoms with E-state index >= 15 is 0 Å². The highest BCUT2D eigenvalue weighted by molar-refractivity contribution is 5.79. The van der Waals surface area contributed by atoms with Gasteiger partial charge in [0, 0.05) is 24.9 Å². The van der Waals surface area contributed by atoms with Gasteiger partial charge >= 0.3 is 0 Å². The number of aliphatic hydroxyl groups excluding tert-OH is 1. The molecule has 0 aromatic carbocycles. The van der Waals surface area contributed by atoms with Crippen molar-refractivity contribution in [2.75, 3.05) is 20.2 Å². The fourth-order valence-electron chi connectivity index (χ4n) is 2.09. The van der Waals surface area contributed by atoms with Crippen LogP contribution in [-0.4, -0.2) is 36.1 Å². The lowest BCUT2D eigenvalue weighted by Gasteiger charge is -2.31. The van der Waals surface area contributed by atoms with Gasteiger partial charge in [0.05, 0.1) is 6.61 Å². The molecule has 80 valence electrons. The minimum absolute atomic E-state index is 0.0636. The van der Waals surface area contributed by atoms with Crippen molar-refractivity contribution in [3.63, 3.8) is 0 Å². The van der Waals surface area contributed by atoms with Crippen LogP contribution in [-0.2, 0) is 4.79 Å². The van der Waals surface area contributed by atoms with Crippen LogP contribution in [0.4, 0.5) is 0 Å². The molecule has 2 saturated carbocycles. The van der Waals surface area contributed by atoms with Crippen LogP contribution in [0.15, 0.2) is 0 Å². The molecule has 0 aromatic rings. The predicted octanol–water partition coefficient (Wildman–Crippen LogP) is 1.02. The molecule has 1 amide bonds. The Kier molecular flexibility index (Phi) is 2.52. The third-order valence-electron chi connectivity index (χ3n) is 3.70. The molecule has 0 bridgehead atoms. The van der Waals surface area contributed by atoms with Gasteiger partial charge in [0.25, 0.3) is 0 Å². The summed E-state index contributed by atoms with van der Waals surface area (Å²) in [5.41, 5.74) is 0.0636. The van der Waals surface area contributed by atoms with Crippen molar-refractivity contribution in [2.45, 2.75) is 32.1 Å². The topological polar surface area (TPSA) is 40.5 Å². The number of carbonyl (C=O) groups excluding carboxylic acids is 1. The Balaban J connectivity index is 1.82. The second-order valence-corrected chi connectivity index (χ2v) is 4.98. The first kappa shape index (κ1) is 9.97. The normalized spacial score (nSPS) is 24.1. The molecular formula is C11H19NO2. The maximum Gasteiger partial charge on any atom is 0.225 e. The van der Waals surface area contributed by atoms with Crippen molar-refractivity contribution in [3.8, 4) is 0 Å². The third-order valence-corrected chi connectivity index (χ3v) is 3.70. The Morgan fingerprint density at radius 1 is 1.50 bits per heavy atom. The molecule has 0 aliphatic heterocycles. The molecular weight excluding hydrogens is 178 g/mol. The molecule has 2 rings (SSSR count). The van der Waals surface area contributed by atoms with E-state index in [9.17, 15) is 4.79 Å². The zero-order valence-corrected chi connectivity index (χ0v) is 8.83. The molecule has 14 heavy (non-hydrogen) atoms. The molecule has 2 fully saturated rings. The average Bonchev–Trinajstić information content (AvgIpc) is 2.82. The Hall–Kier alpha value is -0.570. The van der Waals surface area contributed by atoms with Crippen molar-refractivity contribution < 1.29 is 9.90 Å². The summed E-state index contributed by atoms with van der Waals surface area (Å²) in [6, 6.07) is 0. The second kappa shape index (κ2) is 3.54.